The molecule has 27 heavy (non-hydrogen) atoms. The van der Waals surface area contributed by atoms with Gasteiger partial charge in [0.05, 0.1) is 10.2 Å². The molecule has 0 spiro atoms. The number of hydrogen-bond acceptors (Lipinski definition) is 4. The molecule has 6 heteroatoms. The fourth-order valence-electron chi connectivity index (χ4n) is 3.02. The Hall–Kier alpha value is -1.95. The van der Waals surface area contributed by atoms with Gasteiger partial charge in [-0.05, 0) is 63.7 Å². The Morgan fingerprint density at radius 1 is 1.04 bits per heavy atom. The van der Waals surface area contributed by atoms with Crippen molar-refractivity contribution in [2.45, 2.75) is 20.8 Å². The highest BCUT2D eigenvalue weighted by Crippen LogP contribution is 2.33. The smallest absolute Gasteiger partial charge is 0.260 e. The topological polar surface area (TPSA) is 36.4 Å². The molecule has 144 valence electrons. The minimum atomic E-state index is 0. The highest BCUT2D eigenvalue weighted by atomic mass is 35.5. The number of rotatable bonds is 5. The van der Waals surface area contributed by atoms with Crippen LogP contribution in [0, 0.1) is 20.8 Å². The van der Waals surface area contributed by atoms with Crippen LogP contribution in [0.4, 0.5) is 5.13 Å². The van der Waals surface area contributed by atoms with Crippen molar-refractivity contribution in [1.29, 1.82) is 0 Å². The molecular weight excluding hydrogens is 378 g/mol. The molecular formula is C21H26ClN3OS. The van der Waals surface area contributed by atoms with Crippen molar-refractivity contribution in [1.82, 2.24) is 9.88 Å². The molecule has 1 heterocycles. The summed E-state index contributed by atoms with van der Waals surface area (Å²) < 4.78 is 1.15. The molecule has 1 aromatic heterocycles. The third-order valence-electron chi connectivity index (χ3n) is 4.43. The molecule has 1 amide bonds. The molecule has 0 bridgehead atoms. The number of halogens is 1. The second kappa shape index (κ2) is 8.83. The molecule has 0 atom stereocenters. The van der Waals surface area contributed by atoms with E-state index in [2.05, 4.69) is 30.9 Å². The largest absolute Gasteiger partial charge is 0.308 e. The van der Waals surface area contributed by atoms with Crippen LogP contribution >= 0.6 is 23.7 Å². The average molecular weight is 404 g/mol. The first kappa shape index (κ1) is 21.4. The molecule has 0 saturated carbocycles. The van der Waals surface area contributed by atoms with Crippen LogP contribution in [-0.2, 0) is 0 Å². The fraction of sp³-hybridized carbons (Fsp3) is 0.333. The minimum absolute atomic E-state index is 0. The Kier molecular flexibility index (Phi) is 6.98. The van der Waals surface area contributed by atoms with Gasteiger partial charge in [0.25, 0.3) is 5.91 Å². The molecule has 2 aromatic carbocycles. The molecule has 3 aromatic rings. The van der Waals surface area contributed by atoms with E-state index >= 15 is 0 Å². The zero-order valence-electron chi connectivity index (χ0n) is 16.4. The summed E-state index contributed by atoms with van der Waals surface area (Å²) in [4.78, 5) is 22.0. The number of thiazole rings is 1. The summed E-state index contributed by atoms with van der Waals surface area (Å²) in [6.45, 7) is 7.55. The first-order valence-electron chi connectivity index (χ1n) is 8.77. The monoisotopic (exact) mass is 403 g/mol. The number of benzene rings is 2. The summed E-state index contributed by atoms with van der Waals surface area (Å²) in [5.74, 6) is 0.0124. The minimum Gasteiger partial charge on any atom is -0.308 e. The number of hydrogen-bond donors (Lipinski definition) is 0. The van der Waals surface area contributed by atoms with E-state index in [0.717, 1.165) is 33.0 Å². The molecule has 0 aliphatic rings. The SMILES string of the molecule is Cc1cc(C)c2sc(N(CCN(C)C)C(=O)c3ccccc3C)nc2c1.Cl. The number of fused-ring (bicyclic) bond motifs is 1. The van der Waals surface area contributed by atoms with Crippen LogP contribution in [0.5, 0.6) is 0 Å². The number of carbonyl (C=O) groups excluding carboxylic acids is 1. The lowest BCUT2D eigenvalue weighted by Gasteiger charge is -2.22. The van der Waals surface area contributed by atoms with Gasteiger partial charge in [-0.25, -0.2) is 4.98 Å². The molecule has 0 saturated heterocycles. The number of carbonyl (C=O) groups is 1. The van der Waals surface area contributed by atoms with Gasteiger partial charge in [0, 0.05) is 18.7 Å². The van der Waals surface area contributed by atoms with Crippen molar-refractivity contribution in [2.24, 2.45) is 0 Å². The van der Waals surface area contributed by atoms with Gasteiger partial charge in [0.15, 0.2) is 5.13 Å². The standard InChI is InChI=1S/C21H25N3OS.ClH/c1-14-12-16(3)19-18(13-14)22-21(26-19)24(11-10-23(4)5)20(25)17-9-7-6-8-15(17)2;/h6-9,12-13H,10-11H2,1-5H3;1H. The third kappa shape index (κ3) is 4.67. The van der Waals surface area contributed by atoms with Crippen molar-refractivity contribution in [2.75, 3.05) is 32.1 Å². The lowest BCUT2D eigenvalue weighted by atomic mass is 10.1. The van der Waals surface area contributed by atoms with E-state index in [-0.39, 0.29) is 18.3 Å². The van der Waals surface area contributed by atoms with E-state index in [0.29, 0.717) is 6.54 Å². The molecule has 0 fully saturated rings. The number of aromatic nitrogens is 1. The second-order valence-electron chi connectivity index (χ2n) is 7.00. The van der Waals surface area contributed by atoms with E-state index in [4.69, 9.17) is 4.98 Å². The number of amides is 1. The van der Waals surface area contributed by atoms with Gasteiger partial charge in [0.2, 0.25) is 0 Å². The average Bonchev–Trinajstić information content (AvgIpc) is 2.99. The van der Waals surface area contributed by atoms with Crippen LogP contribution in [0.2, 0.25) is 0 Å². The summed E-state index contributed by atoms with van der Waals surface area (Å²) in [5.41, 5.74) is 5.09. The Morgan fingerprint density at radius 3 is 2.41 bits per heavy atom. The van der Waals surface area contributed by atoms with Crippen molar-refractivity contribution < 1.29 is 4.79 Å². The van der Waals surface area contributed by atoms with Crippen molar-refractivity contribution in [3.05, 3.63) is 58.7 Å². The highest BCUT2D eigenvalue weighted by molar-refractivity contribution is 7.22. The van der Waals surface area contributed by atoms with Gasteiger partial charge >= 0.3 is 0 Å². The maximum absolute atomic E-state index is 13.3. The predicted octanol–water partition coefficient (Wildman–Crippen LogP) is 4.85. The van der Waals surface area contributed by atoms with Crippen LogP contribution in [0.3, 0.4) is 0 Å². The van der Waals surface area contributed by atoms with Crippen molar-refractivity contribution in [3.63, 3.8) is 0 Å². The fourth-order valence-corrected chi connectivity index (χ4v) is 4.06. The van der Waals surface area contributed by atoms with Gasteiger partial charge in [-0.15, -0.1) is 12.4 Å². The molecule has 0 unspecified atom stereocenters. The third-order valence-corrected chi connectivity index (χ3v) is 5.66. The first-order valence-corrected chi connectivity index (χ1v) is 9.58. The van der Waals surface area contributed by atoms with Gasteiger partial charge in [-0.3, -0.25) is 9.69 Å². The molecule has 0 N–H and O–H groups in total. The quantitative estimate of drug-likeness (QED) is 0.610. The molecule has 0 aliphatic carbocycles. The first-order chi connectivity index (χ1) is 12.4. The van der Waals surface area contributed by atoms with E-state index in [1.54, 1.807) is 11.3 Å². The Bertz CT molecular complexity index is 952. The van der Waals surface area contributed by atoms with Crippen LogP contribution in [-0.4, -0.2) is 43.0 Å². The van der Waals surface area contributed by atoms with E-state index < -0.39 is 0 Å². The number of likely N-dealkylation sites (N-methyl/N-ethyl adjacent to an activating group) is 1. The number of nitrogens with zero attached hydrogens (tertiary/aromatic N) is 3. The summed E-state index contributed by atoms with van der Waals surface area (Å²) in [6.07, 6.45) is 0. The highest BCUT2D eigenvalue weighted by Gasteiger charge is 2.23. The van der Waals surface area contributed by atoms with E-state index in [9.17, 15) is 4.79 Å². The Labute approximate surface area is 171 Å². The van der Waals surface area contributed by atoms with Gasteiger partial charge in [-0.2, -0.15) is 0 Å². The van der Waals surface area contributed by atoms with Gasteiger partial charge in [0.1, 0.15) is 0 Å². The summed E-state index contributed by atoms with van der Waals surface area (Å²) in [6, 6.07) is 12.0. The Morgan fingerprint density at radius 2 is 1.74 bits per heavy atom. The predicted molar refractivity (Wildman–Crippen MR) is 118 cm³/mol. The maximum Gasteiger partial charge on any atom is 0.260 e. The lowest BCUT2D eigenvalue weighted by Crippen LogP contribution is -2.37. The van der Waals surface area contributed by atoms with Crippen LogP contribution in [0.15, 0.2) is 36.4 Å². The molecule has 4 nitrogen and oxygen atoms in total. The zero-order chi connectivity index (χ0) is 18.8. The molecule has 3 rings (SSSR count). The van der Waals surface area contributed by atoms with Crippen LogP contribution in [0.1, 0.15) is 27.0 Å². The van der Waals surface area contributed by atoms with Crippen LogP contribution in [0.25, 0.3) is 10.2 Å². The summed E-state index contributed by atoms with van der Waals surface area (Å²) in [5, 5.41) is 0.767. The summed E-state index contributed by atoms with van der Waals surface area (Å²) in [7, 11) is 4.03. The second-order valence-corrected chi connectivity index (χ2v) is 7.98. The van der Waals surface area contributed by atoms with Crippen molar-refractivity contribution in [3.8, 4) is 0 Å². The van der Waals surface area contributed by atoms with E-state index in [1.807, 2.05) is 50.2 Å². The summed E-state index contributed by atoms with van der Waals surface area (Å²) >= 11 is 1.60. The van der Waals surface area contributed by atoms with Crippen LogP contribution < -0.4 is 4.90 Å². The number of aryl methyl sites for hydroxylation is 3. The van der Waals surface area contributed by atoms with E-state index in [1.165, 1.54) is 11.1 Å². The van der Waals surface area contributed by atoms with Gasteiger partial charge < -0.3 is 4.90 Å². The zero-order valence-corrected chi connectivity index (χ0v) is 18.1. The normalized spacial score (nSPS) is 10.9. The molecule has 0 aliphatic heterocycles. The van der Waals surface area contributed by atoms with Crippen molar-refractivity contribution >= 4 is 45.0 Å². The molecule has 0 radical (unpaired) electrons. The van der Waals surface area contributed by atoms with Gasteiger partial charge in [-0.1, -0.05) is 35.6 Å². The lowest BCUT2D eigenvalue weighted by molar-refractivity contribution is 0.0984. The number of anilines is 1. The Balaban J connectivity index is 0.00000261. The maximum atomic E-state index is 13.3.